The second-order valence-corrected chi connectivity index (χ2v) is 8.62. The molecule has 0 saturated carbocycles. The van der Waals surface area contributed by atoms with E-state index < -0.39 is 33.9 Å². The van der Waals surface area contributed by atoms with Crippen molar-refractivity contribution in [1.82, 2.24) is 4.90 Å². The summed E-state index contributed by atoms with van der Waals surface area (Å²) in [6, 6.07) is 7.72. The minimum atomic E-state index is -4.48. The zero-order valence-corrected chi connectivity index (χ0v) is 16.6. The van der Waals surface area contributed by atoms with Gasteiger partial charge in [0.05, 0.1) is 17.9 Å². The van der Waals surface area contributed by atoms with Gasteiger partial charge in [0.2, 0.25) is 10.0 Å². The van der Waals surface area contributed by atoms with Crippen LogP contribution in [0.1, 0.15) is 30.0 Å². The van der Waals surface area contributed by atoms with Crippen molar-refractivity contribution in [3.05, 3.63) is 53.6 Å². The number of likely N-dealkylation sites (tertiary alicyclic amines) is 1. The molecule has 1 unspecified atom stereocenters. The van der Waals surface area contributed by atoms with Gasteiger partial charge in [-0.3, -0.25) is 4.72 Å². The number of hydrogen-bond donors (Lipinski definition) is 1. The van der Waals surface area contributed by atoms with E-state index in [1.165, 1.54) is 18.2 Å². The zero-order valence-electron chi connectivity index (χ0n) is 15.8. The minimum Gasteiger partial charge on any atom is -0.530 e. The van der Waals surface area contributed by atoms with Gasteiger partial charge in [0.15, 0.2) is 0 Å². The first-order valence-electron chi connectivity index (χ1n) is 8.88. The van der Waals surface area contributed by atoms with E-state index >= 15 is 0 Å². The number of halogens is 3. The fraction of sp³-hybridized carbons (Fsp3) is 0.316. The average molecular weight is 443 g/mol. The zero-order chi connectivity index (χ0) is 22.1. The van der Waals surface area contributed by atoms with Crippen molar-refractivity contribution in [2.45, 2.75) is 25.1 Å². The number of hydrogen-bond acceptors (Lipinski definition) is 5. The van der Waals surface area contributed by atoms with Gasteiger partial charge in [-0.1, -0.05) is 0 Å². The van der Waals surface area contributed by atoms with Gasteiger partial charge in [0.1, 0.15) is 17.6 Å². The molecule has 1 aliphatic rings. The first kappa shape index (κ1) is 21.8. The van der Waals surface area contributed by atoms with E-state index in [0.29, 0.717) is 18.4 Å². The number of anilines is 1. The van der Waals surface area contributed by atoms with Crippen molar-refractivity contribution in [2.75, 3.05) is 17.5 Å². The van der Waals surface area contributed by atoms with Crippen LogP contribution in [0.15, 0.2) is 42.5 Å². The topological polar surface area (TPSA) is 98.8 Å². The summed E-state index contributed by atoms with van der Waals surface area (Å²) < 4.78 is 69.4. The lowest BCUT2D eigenvalue weighted by atomic mass is 10.0. The smallest absolute Gasteiger partial charge is 0.416 e. The monoisotopic (exact) mass is 443 g/mol. The highest BCUT2D eigenvalue weighted by atomic mass is 32.2. The molecule has 0 aromatic heterocycles. The fourth-order valence-electron chi connectivity index (χ4n) is 3.33. The molecule has 1 atom stereocenters. The predicted molar refractivity (Wildman–Crippen MR) is 101 cm³/mol. The van der Waals surface area contributed by atoms with Gasteiger partial charge >= 0.3 is 6.18 Å². The maximum atomic E-state index is 12.7. The molecule has 0 radical (unpaired) electrons. The summed E-state index contributed by atoms with van der Waals surface area (Å²) in [4.78, 5) is 12.6. The third kappa shape index (κ3) is 5.15. The molecule has 162 valence electrons. The maximum Gasteiger partial charge on any atom is 0.416 e. The molecule has 1 N–H and O–H groups in total. The molecule has 11 heteroatoms. The van der Waals surface area contributed by atoms with Crippen molar-refractivity contribution >= 4 is 21.8 Å². The van der Waals surface area contributed by atoms with Crippen LogP contribution in [0.4, 0.5) is 23.7 Å². The van der Waals surface area contributed by atoms with Gasteiger partial charge in [-0.15, -0.1) is 0 Å². The summed E-state index contributed by atoms with van der Waals surface area (Å²) in [5.74, 6) is 0.318. The summed E-state index contributed by atoms with van der Waals surface area (Å²) in [6.45, 7) is 0.246. The Labute approximate surface area is 171 Å². The van der Waals surface area contributed by atoms with Gasteiger partial charge in [0, 0.05) is 17.8 Å². The normalized spacial score (nSPS) is 17.1. The summed E-state index contributed by atoms with van der Waals surface area (Å²) in [5.41, 5.74) is -0.246. The third-order valence-electron chi connectivity index (χ3n) is 4.57. The Morgan fingerprint density at radius 1 is 1.20 bits per heavy atom. The maximum absolute atomic E-state index is 12.7. The van der Waals surface area contributed by atoms with Crippen molar-refractivity contribution in [2.24, 2.45) is 0 Å². The Kier molecular flexibility index (Phi) is 5.84. The Morgan fingerprint density at radius 3 is 2.43 bits per heavy atom. The minimum absolute atomic E-state index is 0.117. The molecule has 0 bridgehead atoms. The molecular formula is C19H18F3N2O5S-. The summed E-state index contributed by atoms with van der Waals surface area (Å²) in [6.07, 6.45) is -3.86. The lowest BCUT2D eigenvalue weighted by molar-refractivity contribution is -0.266. The van der Waals surface area contributed by atoms with Gasteiger partial charge in [-0.25, -0.2) is 8.42 Å². The number of nitrogens with zero attached hydrogens (tertiary/aromatic N) is 1. The molecule has 2 aromatic carbocycles. The van der Waals surface area contributed by atoms with Crippen molar-refractivity contribution in [3.63, 3.8) is 0 Å². The molecule has 7 nitrogen and oxygen atoms in total. The summed E-state index contributed by atoms with van der Waals surface area (Å²) in [7, 11) is -3.58. The van der Waals surface area contributed by atoms with Gasteiger partial charge in [-0.2, -0.15) is 13.2 Å². The van der Waals surface area contributed by atoms with E-state index in [1.807, 2.05) is 0 Å². The number of carbonyl (C=O) groups is 1. The highest BCUT2D eigenvalue weighted by molar-refractivity contribution is 7.92. The van der Waals surface area contributed by atoms with E-state index in [4.69, 9.17) is 4.74 Å². The number of nitrogens with one attached hydrogen (secondary N) is 1. The first-order valence-corrected chi connectivity index (χ1v) is 10.8. The molecule has 1 aliphatic heterocycles. The first-order chi connectivity index (χ1) is 13.9. The Balaban J connectivity index is 1.97. The highest BCUT2D eigenvalue weighted by Gasteiger charge is 2.31. The van der Waals surface area contributed by atoms with Crippen LogP contribution >= 0.6 is 0 Å². The fourth-order valence-corrected chi connectivity index (χ4v) is 3.88. The molecule has 0 spiro atoms. The van der Waals surface area contributed by atoms with E-state index in [9.17, 15) is 31.5 Å². The van der Waals surface area contributed by atoms with Crippen LogP contribution in [0, 0.1) is 0 Å². The predicted octanol–water partition coefficient (Wildman–Crippen LogP) is 3.35. The van der Waals surface area contributed by atoms with Crippen LogP contribution in [0.3, 0.4) is 0 Å². The number of carbonyl (C=O) groups excluding carboxylic acids is 1. The molecule has 1 saturated heterocycles. The standard InChI is InChI=1S/C19H19F3N2O5S/c1-30(27,28)23-13-6-9-17(15(11-13)16-3-2-10-24(16)18(25)26)29-14-7-4-12(5-8-14)19(20,21)22/h4-9,11,16,23H,2-3,10H2,1H3,(H,25,26)/p-1. The lowest BCUT2D eigenvalue weighted by Crippen LogP contribution is -2.40. The molecule has 0 aliphatic carbocycles. The summed E-state index contributed by atoms with van der Waals surface area (Å²) in [5, 5.41) is 11.5. The Bertz CT molecular complexity index is 1040. The van der Waals surface area contributed by atoms with Crippen LogP contribution in [-0.2, 0) is 16.2 Å². The Hall–Kier alpha value is -2.95. The van der Waals surface area contributed by atoms with Crippen LogP contribution in [-0.4, -0.2) is 32.2 Å². The molecule has 3 rings (SSSR count). The number of sulfonamides is 1. The second kappa shape index (κ2) is 8.05. The number of benzene rings is 2. The number of carboxylic acid groups (broad SMARTS) is 1. The van der Waals surface area contributed by atoms with Crippen molar-refractivity contribution in [1.29, 1.82) is 0 Å². The Morgan fingerprint density at radius 2 is 1.87 bits per heavy atom. The van der Waals surface area contributed by atoms with Crippen LogP contribution in [0.25, 0.3) is 0 Å². The number of ether oxygens (including phenoxy) is 1. The van der Waals surface area contributed by atoms with E-state index in [-0.39, 0.29) is 23.7 Å². The van der Waals surface area contributed by atoms with Gasteiger partial charge < -0.3 is 19.5 Å². The quantitative estimate of drug-likeness (QED) is 0.764. The second-order valence-electron chi connectivity index (χ2n) is 6.87. The molecule has 30 heavy (non-hydrogen) atoms. The lowest BCUT2D eigenvalue weighted by Gasteiger charge is -2.29. The number of amides is 1. The van der Waals surface area contributed by atoms with E-state index in [0.717, 1.165) is 35.4 Å². The largest absolute Gasteiger partial charge is 0.530 e. The van der Waals surface area contributed by atoms with E-state index in [2.05, 4.69) is 4.72 Å². The van der Waals surface area contributed by atoms with Crippen LogP contribution in [0.5, 0.6) is 11.5 Å². The molecular weight excluding hydrogens is 425 g/mol. The SMILES string of the molecule is CS(=O)(=O)Nc1ccc(Oc2ccc(C(F)(F)F)cc2)c(C2CCCN2C(=O)[O-])c1. The highest BCUT2D eigenvalue weighted by Crippen LogP contribution is 2.40. The van der Waals surface area contributed by atoms with Gasteiger partial charge in [-0.05, 0) is 55.3 Å². The van der Waals surface area contributed by atoms with Crippen LogP contribution in [0.2, 0.25) is 0 Å². The molecule has 2 aromatic rings. The van der Waals surface area contributed by atoms with Crippen molar-refractivity contribution < 1.29 is 36.2 Å². The number of alkyl halides is 3. The molecule has 1 fully saturated rings. The number of rotatable bonds is 5. The molecule has 1 amide bonds. The molecule has 1 heterocycles. The van der Waals surface area contributed by atoms with Gasteiger partial charge in [0.25, 0.3) is 0 Å². The third-order valence-corrected chi connectivity index (χ3v) is 5.18. The summed E-state index contributed by atoms with van der Waals surface area (Å²) >= 11 is 0. The average Bonchev–Trinajstić information content (AvgIpc) is 3.11. The van der Waals surface area contributed by atoms with Crippen LogP contribution < -0.4 is 14.6 Å². The van der Waals surface area contributed by atoms with E-state index in [1.54, 1.807) is 0 Å². The van der Waals surface area contributed by atoms with Crippen molar-refractivity contribution in [3.8, 4) is 11.5 Å².